The van der Waals surface area contributed by atoms with E-state index < -0.39 is 42.0 Å². The Bertz CT molecular complexity index is 313. The van der Waals surface area contributed by atoms with E-state index in [0.717, 1.165) is 0 Å². The Morgan fingerprint density at radius 1 is 1.00 bits per heavy atom. The van der Waals surface area contributed by atoms with Crippen molar-refractivity contribution in [2.24, 2.45) is 0 Å². The predicted molar refractivity (Wildman–Crippen MR) is 43.1 cm³/mol. The fraction of sp³-hybridized carbons (Fsp3) is 0. The fourth-order valence-electron chi connectivity index (χ4n) is 0.0498. The van der Waals surface area contributed by atoms with Crippen LogP contribution in [-0.4, -0.2) is 39.3 Å². The summed E-state index contributed by atoms with van der Waals surface area (Å²) in [4.78, 5) is 0. The van der Waals surface area contributed by atoms with Gasteiger partial charge < -0.3 is 4.55 Å². The Labute approximate surface area is 134 Å². The van der Waals surface area contributed by atoms with Crippen LogP contribution < -0.4 is 51.4 Å². The van der Waals surface area contributed by atoms with E-state index in [-0.39, 0.29) is 51.4 Å². The quantitative estimate of drug-likeness (QED) is 0.196. The van der Waals surface area contributed by atoms with Gasteiger partial charge in [0, 0.05) is 0 Å². The second kappa shape index (κ2) is 11.0. The van der Waals surface area contributed by atoms with Crippen LogP contribution in [0.4, 0.5) is 0 Å². The van der Waals surface area contributed by atoms with Gasteiger partial charge in [0.2, 0.25) is 9.15 Å². The normalized spacial score (nSPS) is 16.3. The summed E-state index contributed by atoms with van der Waals surface area (Å²) in [6.07, 6.45) is 0. The molecule has 0 rings (SSSR count). The second-order valence-electron chi connectivity index (χ2n) is 1.13. The predicted octanol–water partition coefficient (Wildman–Crippen LogP) is -5.05. The molecule has 0 aromatic heterocycles. The molecule has 1 atom stereocenters. The van der Waals surface area contributed by atoms with Crippen molar-refractivity contribution in [2.75, 3.05) is 0 Å². The van der Waals surface area contributed by atoms with E-state index in [9.17, 15) is 25.6 Å². The molecule has 0 saturated heterocycles. The van der Waals surface area contributed by atoms with E-state index in [0.29, 0.717) is 0 Å². The van der Waals surface area contributed by atoms with Gasteiger partial charge in [-0.1, -0.05) is 0 Å². The monoisotopic (exact) mass is 330 g/mol. The topological polar surface area (TPSA) is 178 Å². The first-order valence-electron chi connectivity index (χ1n) is 2.05. The molecule has 3 N–H and O–H groups in total. The Morgan fingerprint density at radius 2 is 1.20 bits per heavy atom. The molecule has 0 fully saturated rings. The summed E-state index contributed by atoms with van der Waals surface area (Å²) in [6.45, 7) is 0. The minimum Gasteiger partial charge on any atom is -0.736 e. The molecule has 0 aliphatic rings. The van der Waals surface area contributed by atoms with Crippen LogP contribution in [0.15, 0.2) is 0 Å². The van der Waals surface area contributed by atoms with E-state index >= 15 is 0 Å². The molecule has 0 aliphatic carbocycles. The standard InChI is InChI=1S/K.2H2O5S2/c;1-6(2)7(3,4)5;1-6(2)5-7(3)4/h;(H,1,2)(H,3,4,5);(H,1,2)(H,3,4)/q+1;;/p-1. The summed E-state index contributed by atoms with van der Waals surface area (Å²) < 4.78 is 81.6. The molecule has 0 radical (unpaired) electrons. The maximum atomic E-state index is 9.35. The third kappa shape index (κ3) is 21.6. The van der Waals surface area contributed by atoms with E-state index in [2.05, 4.69) is 3.63 Å². The van der Waals surface area contributed by atoms with Crippen LogP contribution in [0, 0.1) is 0 Å². The first kappa shape index (κ1) is 22.1. The van der Waals surface area contributed by atoms with E-state index in [1.165, 1.54) is 0 Å². The average molecular weight is 330 g/mol. The molecule has 0 saturated carbocycles. The zero-order valence-electron chi connectivity index (χ0n) is 6.83. The minimum absolute atomic E-state index is 0. The van der Waals surface area contributed by atoms with Gasteiger partial charge in [0.1, 0.15) is 0 Å². The van der Waals surface area contributed by atoms with E-state index in [1.54, 1.807) is 0 Å². The third-order valence-electron chi connectivity index (χ3n) is 0.291. The van der Waals surface area contributed by atoms with Crippen molar-refractivity contribution < 1.29 is 94.3 Å². The molecule has 15 heteroatoms. The summed E-state index contributed by atoms with van der Waals surface area (Å²) >= 11 is -5.29. The van der Waals surface area contributed by atoms with Crippen LogP contribution in [0.1, 0.15) is 0 Å². The summed E-state index contributed by atoms with van der Waals surface area (Å²) in [6, 6.07) is 0. The van der Waals surface area contributed by atoms with Crippen molar-refractivity contribution >= 4 is 42.0 Å². The largest absolute Gasteiger partial charge is 1.00 e. The van der Waals surface area contributed by atoms with Crippen LogP contribution in [0.25, 0.3) is 0 Å². The Balaban J connectivity index is -0.000000180. The first-order chi connectivity index (χ1) is 6.07. The maximum absolute atomic E-state index is 9.35. The molecule has 0 aromatic carbocycles. The van der Waals surface area contributed by atoms with Gasteiger partial charge in [0.05, 0.1) is 0 Å². The molecule has 10 nitrogen and oxygen atoms in total. The summed E-state index contributed by atoms with van der Waals surface area (Å²) in [5.74, 6) is 0. The molecular weight excluding hydrogens is 327 g/mol. The molecule has 1 unspecified atom stereocenters. The molecule has 88 valence electrons. The van der Waals surface area contributed by atoms with Crippen LogP contribution in [0.3, 0.4) is 0 Å². The van der Waals surface area contributed by atoms with Gasteiger partial charge in [-0.15, -0.1) is 3.63 Å². The smallest absolute Gasteiger partial charge is 0.736 e. The first-order valence-corrected chi connectivity index (χ1v) is 7.14. The van der Waals surface area contributed by atoms with Crippen molar-refractivity contribution in [3.05, 3.63) is 0 Å². The van der Waals surface area contributed by atoms with Gasteiger partial charge in [-0.3, -0.25) is 13.7 Å². The summed E-state index contributed by atoms with van der Waals surface area (Å²) in [5.41, 5.74) is 0. The van der Waals surface area contributed by atoms with Crippen molar-refractivity contribution in [2.45, 2.75) is 0 Å². The van der Waals surface area contributed by atoms with Crippen LogP contribution in [0.2, 0.25) is 0 Å². The van der Waals surface area contributed by atoms with Gasteiger partial charge in [-0.05, 0) is 0 Å². The molecule has 0 bridgehead atoms. The number of rotatable bonds is 3. The number of hydrogen-bond donors (Lipinski definition) is 3. The molecule has 0 heterocycles. The van der Waals surface area contributed by atoms with Crippen molar-refractivity contribution in [3.63, 3.8) is 0 Å². The Kier molecular flexibility index (Phi) is 16.1. The maximum Gasteiger partial charge on any atom is 1.00 e. The SMILES string of the molecule is O=S(O)OS(=O)O.O=S(O)S(=O)(=O)[O-].[K+]. The van der Waals surface area contributed by atoms with Crippen molar-refractivity contribution in [3.8, 4) is 0 Å². The second-order valence-corrected chi connectivity index (χ2v) is 5.87. The van der Waals surface area contributed by atoms with Gasteiger partial charge in [0.25, 0.3) is 10.1 Å². The average Bonchev–Trinajstić information content (AvgIpc) is 1.81. The van der Waals surface area contributed by atoms with E-state index in [1.807, 2.05) is 0 Å². The summed E-state index contributed by atoms with van der Waals surface area (Å²) in [5, 5.41) is 0. The number of hydrogen-bond acceptors (Lipinski definition) is 7. The van der Waals surface area contributed by atoms with Crippen LogP contribution >= 0.6 is 0 Å². The van der Waals surface area contributed by atoms with Gasteiger partial charge in [-0.25, -0.2) is 12.6 Å². The molecule has 0 amide bonds. The van der Waals surface area contributed by atoms with Crippen molar-refractivity contribution in [1.82, 2.24) is 0 Å². The van der Waals surface area contributed by atoms with Gasteiger partial charge >= 0.3 is 74.1 Å². The third-order valence-corrected chi connectivity index (χ3v) is 2.62. The van der Waals surface area contributed by atoms with Gasteiger partial charge in [-0.2, -0.15) is 8.42 Å². The van der Waals surface area contributed by atoms with Gasteiger partial charge in [0.15, 0.2) is 0 Å². The Hall–Kier alpha value is 1.84. The molecule has 15 heavy (non-hydrogen) atoms. The van der Waals surface area contributed by atoms with Crippen LogP contribution in [-0.2, 0) is 45.6 Å². The zero-order valence-corrected chi connectivity index (χ0v) is 13.2. The van der Waals surface area contributed by atoms with Crippen molar-refractivity contribution in [1.29, 1.82) is 0 Å². The minimum atomic E-state index is -4.96. The molecule has 0 spiro atoms. The summed E-state index contributed by atoms with van der Waals surface area (Å²) in [7, 11) is -8.23. The molecular formula is H3KO10S4. The van der Waals surface area contributed by atoms with Crippen LogP contribution in [0.5, 0.6) is 0 Å². The zero-order chi connectivity index (χ0) is 11.9. The Morgan fingerprint density at radius 3 is 1.20 bits per heavy atom. The molecule has 0 aliphatic heterocycles. The van der Waals surface area contributed by atoms with E-state index in [4.69, 9.17) is 13.7 Å². The molecule has 0 aromatic rings. The fourth-order valence-corrected chi connectivity index (χ4v) is 0.448.